The molecule has 0 saturated heterocycles. The lowest BCUT2D eigenvalue weighted by atomic mass is 10.0. The van der Waals surface area contributed by atoms with Crippen molar-refractivity contribution in [2.24, 2.45) is 5.92 Å². The van der Waals surface area contributed by atoms with Crippen LogP contribution in [0.4, 0.5) is 14.5 Å². The van der Waals surface area contributed by atoms with E-state index >= 15 is 0 Å². The summed E-state index contributed by atoms with van der Waals surface area (Å²) in [5, 5.41) is 21.4. The molecule has 0 aromatic heterocycles. The number of hydrogen-bond donors (Lipinski definition) is 2. The van der Waals surface area contributed by atoms with Crippen molar-refractivity contribution in [2.75, 3.05) is 0 Å². The van der Waals surface area contributed by atoms with Gasteiger partial charge < -0.3 is 10.4 Å². The molecule has 0 fully saturated rings. The molecule has 1 amide bonds. The lowest BCUT2D eigenvalue weighted by Gasteiger charge is -2.18. The van der Waals surface area contributed by atoms with Crippen molar-refractivity contribution in [2.45, 2.75) is 19.9 Å². The summed E-state index contributed by atoms with van der Waals surface area (Å²) in [6.07, 6.45) is 0. The van der Waals surface area contributed by atoms with Gasteiger partial charge in [-0.2, -0.15) is 4.39 Å². The Balaban J connectivity index is 3.21. The topological polar surface area (TPSA) is 110 Å². The lowest BCUT2D eigenvalue weighted by Crippen LogP contribution is -2.44. The highest BCUT2D eigenvalue weighted by Gasteiger charge is 2.30. The third-order valence-corrected chi connectivity index (χ3v) is 2.71. The SMILES string of the molecule is CC(C)[C@@H](NC(=O)c1c(F)ccc([N+](=O)[O-])c1F)C(=O)O. The van der Waals surface area contributed by atoms with Crippen molar-refractivity contribution in [1.82, 2.24) is 5.32 Å². The molecule has 0 heterocycles. The van der Waals surface area contributed by atoms with E-state index in [2.05, 4.69) is 0 Å². The normalized spacial score (nSPS) is 12.0. The molecule has 0 spiro atoms. The summed E-state index contributed by atoms with van der Waals surface area (Å²) < 4.78 is 27.3. The van der Waals surface area contributed by atoms with Gasteiger partial charge in [-0.25, -0.2) is 9.18 Å². The fraction of sp³-hybridized carbons (Fsp3) is 0.333. The second-order valence-electron chi connectivity index (χ2n) is 4.55. The summed E-state index contributed by atoms with van der Waals surface area (Å²) in [5.41, 5.74) is -2.26. The standard InChI is InChI=1S/C12H12F2N2O5/c1-5(2)10(12(18)19)15-11(17)8-6(13)3-4-7(9(8)14)16(20)21/h3-5,10H,1-2H3,(H,15,17)(H,18,19)/t10-/m1/s1. The van der Waals surface area contributed by atoms with Crippen LogP contribution in [0.25, 0.3) is 0 Å². The Morgan fingerprint density at radius 2 is 1.90 bits per heavy atom. The molecule has 1 atom stereocenters. The van der Waals surface area contributed by atoms with Crippen LogP contribution in [0.15, 0.2) is 12.1 Å². The molecule has 0 aliphatic carbocycles. The minimum atomic E-state index is -1.65. The van der Waals surface area contributed by atoms with Gasteiger partial charge in [-0.15, -0.1) is 0 Å². The average Bonchev–Trinajstić information content (AvgIpc) is 2.34. The number of nitrogens with one attached hydrogen (secondary N) is 1. The number of halogens is 2. The molecule has 7 nitrogen and oxygen atoms in total. The summed E-state index contributed by atoms with van der Waals surface area (Å²) in [6.45, 7) is 2.97. The number of benzene rings is 1. The molecule has 21 heavy (non-hydrogen) atoms. The third-order valence-electron chi connectivity index (χ3n) is 2.71. The van der Waals surface area contributed by atoms with Gasteiger partial charge in [-0.3, -0.25) is 14.9 Å². The third kappa shape index (κ3) is 3.50. The fourth-order valence-electron chi connectivity index (χ4n) is 1.62. The predicted molar refractivity (Wildman–Crippen MR) is 66.7 cm³/mol. The molecule has 0 aliphatic heterocycles. The van der Waals surface area contributed by atoms with E-state index in [0.717, 1.165) is 0 Å². The number of hydrogen-bond acceptors (Lipinski definition) is 4. The van der Waals surface area contributed by atoms with Crippen LogP contribution in [-0.2, 0) is 4.79 Å². The van der Waals surface area contributed by atoms with Gasteiger partial charge in [0.05, 0.1) is 4.92 Å². The number of carboxylic acid groups (broad SMARTS) is 1. The van der Waals surface area contributed by atoms with Crippen LogP contribution >= 0.6 is 0 Å². The van der Waals surface area contributed by atoms with Gasteiger partial charge >= 0.3 is 11.7 Å². The Morgan fingerprint density at radius 3 is 2.33 bits per heavy atom. The number of carbonyl (C=O) groups excluding carboxylic acids is 1. The van der Waals surface area contributed by atoms with Crippen LogP contribution in [0.2, 0.25) is 0 Å². The number of carbonyl (C=O) groups is 2. The van der Waals surface area contributed by atoms with Gasteiger partial charge in [-0.1, -0.05) is 13.8 Å². The van der Waals surface area contributed by atoms with Crippen LogP contribution in [0, 0.1) is 27.7 Å². The Bertz CT molecular complexity index is 604. The number of rotatable bonds is 5. The smallest absolute Gasteiger partial charge is 0.326 e. The number of carboxylic acids is 1. The number of amides is 1. The summed E-state index contributed by atoms with van der Waals surface area (Å²) >= 11 is 0. The first-order chi connectivity index (χ1) is 9.66. The summed E-state index contributed by atoms with van der Waals surface area (Å²) in [4.78, 5) is 32.2. The van der Waals surface area contributed by atoms with Gasteiger partial charge in [0, 0.05) is 6.07 Å². The maximum Gasteiger partial charge on any atom is 0.326 e. The van der Waals surface area contributed by atoms with E-state index in [0.29, 0.717) is 12.1 Å². The molecule has 1 rings (SSSR count). The number of aliphatic carboxylic acids is 1. The second-order valence-corrected chi connectivity index (χ2v) is 4.55. The predicted octanol–water partition coefficient (Wildman–Crippen LogP) is 1.71. The first kappa shape index (κ1) is 16.5. The first-order valence-corrected chi connectivity index (χ1v) is 5.82. The highest BCUT2D eigenvalue weighted by molar-refractivity contribution is 5.97. The van der Waals surface area contributed by atoms with Crippen molar-refractivity contribution in [3.63, 3.8) is 0 Å². The average molecular weight is 302 g/mol. The zero-order chi connectivity index (χ0) is 16.3. The Morgan fingerprint density at radius 1 is 1.33 bits per heavy atom. The molecular formula is C12H12F2N2O5. The van der Waals surface area contributed by atoms with Crippen molar-refractivity contribution in [1.29, 1.82) is 0 Å². The highest BCUT2D eigenvalue weighted by atomic mass is 19.1. The molecule has 1 aromatic carbocycles. The fourth-order valence-corrected chi connectivity index (χ4v) is 1.62. The second kappa shape index (κ2) is 6.25. The Hall–Kier alpha value is -2.58. The van der Waals surface area contributed by atoms with Gasteiger partial charge in [0.15, 0.2) is 0 Å². The van der Waals surface area contributed by atoms with Crippen molar-refractivity contribution >= 4 is 17.6 Å². The van der Waals surface area contributed by atoms with Crippen LogP contribution < -0.4 is 5.32 Å². The van der Waals surface area contributed by atoms with Crippen molar-refractivity contribution in [3.05, 3.63) is 39.4 Å². The molecule has 114 valence electrons. The number of nitrogens with zero attached hydrogens (tertiary/aromatic N) is 1. The van der Waals surface area contributed by atoms with E-state index in [9.17, 15) is 28.5 Å². The molecule has 9 heteroatoms. The van der Waals surface area contributed by atoms with E-state index in [1.54, 1.807) is 0 Å². The van der Waals surface area contributed by atoms with E-state index in [4.69, 9.17) is 5.11 Å². The summed E-state index contributed by atoms with van der Waals surface area (Å²) in [7, 11) is 0. The van der Waals surface area contributed by atoms with E-state index in [1.807, 2.05) is 5.32 Å². The van der Waals surface area contributed by atoms with Gasteiger partial charge in [0.2, 0.25) is 5.82 Å². The maximum absolute atomic E-state index is 13.8. The molecule has 0 aliphatic rings. The van der Waals surface area contributed by atoms with Crippen LogP contribution in [-0.4, -0.2) is 27.9 Å². The van der Waals surface area contributed by atoms with Crippen LogP contribution in [0.5, 0.6) is 0 Å². The molecule has 2 N–H and O–H groups in total. The first-order valence-electron chi connectivity index (χ1n) is 5.82. The molecule has 0 saturated carbocycles. The Kier molecular flexibility index (Phi) is 4.90. The van der Waals surface area contributed by atoms with Gasteiger partial charge in [0.1, 0.15) is 17.4 Å². The number of nitro groups is 1. The van der Waals surface area contributed by atoms with Gasteiger partial charge in [-0.05, 0) is 12.0 Å². The summed E-state index contributed by atoms with van der Waals surface area (Å²) in [5.74, 6) is -6.26. The minimum absolute atomic E-state index is 0.545. The minimum Gasteiger partial charge on any atom is -0.480 e. The lowest BCUT2D eigenvalue weighted by molar-refractivity contribution is -0.387. The Labute approximate surface area is 117 Å². The maximum atomic E-state index is 13.8. The number of nitro benzene ring substituents is 1. The molecule has 1 aromatic rings. The van der Waals surface area contributed by atoms with Crippen molar-refractivity contribution < 1.29 is 28.4 Å². The zero-order valence-corrected chi connectivity index (χ0v) is 11.1. The van der Waals surface area contributed by atoms with Gasteiger partial charge in [0.25, 0.3) is 5.91 Å². The van der Waals surface area contributed by atoms with Crippen LogP contribution in [0.1, 0.15) is 24.2 Å². The van der Waals surface area contributed by atoms with Crippen LogP contribution in [0.3, 0.4) is 0 Å². The van der Waals surface area contributed by atoms with Crippen molar-refractivity contribution in [3.8, 4) is 0 Å². The van der Waals surface area contributed by atoms with E-state index in [-0.39, 0.29) is 0 Å². The van der Waals surface area contributed by atoms with E-state index in [1.165, 1.54) is 13.8 Å². The molecule has 0 bridgehead atoms. The molecular weight excluding hydrogens is 290 g/mol. The van der Waals surface area contributed by atoms with E-state index < -0.39 is 51.6 Å². The molecule has 0 unspecified atom stereocenters. The zero-order valence-electron chi connectivity index (χ0n) is 11.1. The highest BCUT2D eigenvalue weighted by Crippen LogP contribution is 2.23. The largest absolute Gasteiger partial charge is 0.480 e. The molecule has 0 radical (unpaired) electrons. The summed E-state index contributed by atoms with van der Waals surface area (Å²) in [6, 6.07) is -0.226. The quantitative estimate of drug-likeness (QED) is 0.635. The monoisotopic (exact) mass is 302 g/mol.